The third kappa shape index (κ3) is 2.72. The number of rotatable bonds is 4. The van der Waals surface area contributed by atoms with Crippen molar-refractivity contribution < 1.29 is 9.18 Å². The van der Waals surface area contributed by atoms with Gasteiger partial charge in [0.2, 0.25) is 0 Å². The zero-order chi connectivity index (χ0) is 14.8. The highest BCUT2D eigenvalue weighted by atomic mass is 19.1. The molecular weight excluding hydrogens is 265 g/mol. The van der Waals surface area contributed by atoms with Crippen molar-refractivity contribution >= 4 is 16.7 Å². The van der Waals surface area contributed by atoms with Crippen LogP contribution in [0.5, 0.6) is 0 Å². The van der Waals surface area contributed by atoms with Gasteiger partial charge >= 0.3 is 0 Å². The molecular formula is C18H16FNO. The number of aromatic nitrogens is 1. The zero-order valence-electron chi connectivity index (χ0n) is 11.8. The molecule has 0 fully saturated rings. The second-order valence-corrected chi connectivity index (χ2v) is 5.28. The van der Waals surface area contributed by atoms with E-state index >= 15 is 0 Å². The smallest absolute Gasteiger partial charge is 0.144 e. The van der Waals surface area contributed by atoms with Gasteiger partial charge in [0.05, 0.1) is 0 Å². The second-order valence-electron chi connectivity index (χ2n) is 5.28. The van der Waals surface area contributed by atoms with Gasteiger partial charge in [0.25, 0.3) is 0 Å². The van der Waals surface area contributed by atoms with E-state index in [-0.39, 0.29) is 17.5 Å². The fraction of sp³-hybridized carbons (Fsp3) is 0.167. The van der Waals surface area contributed by atoms with Crippen molar-refractivity contribution in [2.75, 3.05) is 0 Å². The highest BCUT2D eigenvalue weighted by Gasteiger charge is 2.19. The number of aromatic amines is 1. The Bertz CT molecular complexity index is 776. The summed E-state index contributed by atoms with van der Waals surface area (Å²) in [6.07, 6.45) is 2.22. The van der Waals surface area contributed by atoms with E-state index in [9.17, 15) is 9.18 Å². The van der Waals surface area contributed by atoms with Crippen molar-refractivity contribution in [3.8, 4) is 0 Å². The molecule has 3 rings (SSSR count). The monoisotopic (exact) mass is 281 g/mol. The quantitative estimate of drug-likeness (QED) is 0.763. The van der Waals surface area contributed by atoms with Crippen molar-refractivity contribution in [1.29, 1.82) is 0 Å². The molecule has 3 heteroatoms. The van der Waals surface area contributed by atoms with Gasteiger partial charge in [-0.05, 0) is 29.3 Å². The molecule has 0 aliphatic rings. The molecule has 0 saturated carbocycles. The summed E-state index contributed by atoms with van der Waals surface area (Å²) in [6, 6.07) is 14.3. The van der Waals surface area contributed by atoms with Crippen LogP contribution in [0.4, 0.5) is 4.39 Å². The SMILES string of the molecule is CC(C(=O)Cc1ccccc1)c1c[nH]c2cc(F)ccc12. The van der Waals surface area contributed by atoms with E-state index in [1.165, 1.54) is 12.1 Å². The molecule has 2 aromatic carbocycles. The summed E-state index contributed by atoms with van der Waals surface area (Å²) in [5.74, 6) is -0.338. The molecule has 0 aliphatic heterocycles. The van der Waals surface area contributed by atoms with Gasteiger partial charge in [0.15, 0.2) is 0 Å². The number of H-pyrrole nitrogens is 1. The number of ketones is 1. The van der Waals surface area contributed by atoms with Crippen LogP contribution in [0.3, 0.4) is 0 Å². The number of benzene rings is 2. The average molecular weight is 281 g/mol. The first-order chi connectivity index (χ1) is 10.1. The number of carbonyl (C=O) groups is 1. The van der Waals surface area contributed by atoms with Gasteiger partial charge in [-0.3, -0.25) is 4.79 Å². The summed E-state index contributed by atoms with van der Waals surface area (Å²) in [4.78, 5) is 15.5. The maximum absolute atomic E-state index is 13.2. The summed E-state index contributed by atoms with van der Waals surface area (Å²) in [5.41, 5.74) is 2.66. The molecule has 1 unspecified atom stereocenters. The van der Waals surface area contributed by atoms with E-state index < -0.39 is 0 Å². The minimum absolute atomic E-state index is 0.159. The minimum Gasteiger partial charge on any atom is -0.361 e. The van der Waals surface area contributed by atoms with Crippen LogP contribution in [0, 0.1) is 5.82 Å². The van der Waals surface area contributed by atoms with Crippen LogP contribution in [0.2, 0.25) is 0 Å². The van der Waals surface area contributed by atoms with Crippen LogP contribution < -0.4 is 0 Å². The first-order valence-electron chi connectivity index (χ1n) is 6.98. The van der Waals surface area contributed by atoms with E-state index in [1.54, 1.807) is 12.3 Å². The molecule has 0 saturated heterocycles. The summed E-state index contributed by atoms with van der Waals surface area (Å²) >= 11 is 0. The second kappa shape index (κ2) is 5.52. The maximum atomic E-state index is 13.2. The van der Waals surface area contributed by atoms with Crippen LogP contribution in [-0.4, -0.2) is 10.8 Å². The van der Waals surface area contributed by atoms with E-state index in [2.05, 4.69) is 4.98 Å². The lowest BCUT2D eigenvalue weighted by molar-refractivity contribution is -0.119. The number of fused-ring (bicyclic) bond motifs is 1. The largest absolute Gasteiger partial charge is 0.361 e. The summed E-state index contributed by atoms with van der Waals surface area (Å²) < 4.78 is 13.2. The first kappa shape index (κ1) is 13.6. The molecule has 106 valence electrons. The highest BCUT2D eigenvalue weighted by Crippen LogP contribution is 2.27. The number of halogens is 1. The Morgan fingerprint density at radius 1 is 1.19 bits per heavy atom. The Morgan fingerprint density at radius 2 is 1.95 bits per heavy atom. The van der Waals surface area contributed by atoms with Crippen LogP contribution in [0.1, 0.15) is 24.0 Å². The molecule has 0 spiro atoms. The van der Waals surface area contributed by atoms with Crippen LogP contribution in [0.15, 0.2) is 54.7 Å². The lowest BCUT2D eigenvalue weighted by Crippen LogP contribution is -2.11. The van der Waals surface area contributed by atoms with E-state index in [4.69, 9.17) is 0 Å². The Hall–Kier alpha value is -2.42. The van der Waals surface area contributed by atoms with Gasteiger partial charge < -0.3 is 4.98 Å². The number of hydrogen-bond acceptors (Lipinski definition) is 1. The molecule has 2 nitrogen and oxygen atoms in total. The standard InChI is InChI=1S/C18H16FNO/c1-12(18(21)9-13-5-3-2-4-6-13)16-11-20-17-10-14(19)7-8-15(16)17/h2-8,10-12,20H,9H2,1H3. The van der Waals surface area contributed by atoms with Gasteiger partial charge in [-0.2, -0.15) is 0 Å². The Balaban J connectivity index is 1.86. The van der Waals surface area contributed by atoms with Gasteiger partial charge in [-0.15, -0.1) is 0 Å². The number of Topliss-reactive ketones (excluding diaryl/α,β-unsaturated/α-hetero) is 1. The Morgan fingerprint density at radius 3 is 2.71 bits per heavy atom. The van der Waals surface area contributed by atoms with Gasteiger partial charge in [-0.1, -0.05) is 37.3 Å². The summed E-state index contributed by atoms with van der Waals surface area (Å²) in [6.45, 7) is 1.90. The number of hydrogen-bond donors (Lipinski definition) is 1. The van der Waals surface area contributed by atoms with Gasteiger partial charge in [0.1, 0.15) is 11.6 Å². The van der Waals surface area contributed by atoms with Crippen LogP contribution in [0.25, 0.3) is 10.9 Å². The average Bonchev–Trinajstić information content (AvgIpc) is 2.90. The molecule has 21 heavy (non-hydrogen) atoms. The molecule has 1 heterocycles. The van der Waals surface area contributed by atoms with Crippen LogP contribution in [-0.2, 0) is 11.2 Å². The molecule has 0 aliphatic carbocycles. The lowest BCUT2D eigenvalue weighted by atomic mass is 9.92. The summed E-state index contributed by atoms with van der Waals surface area (Å²) in [5, 5.41) is 0.908. The summed E-state index contributed by atoms with van der Waals surface area (Å²) in [7, 11) is 0. The van der Waals surface area contributed by atoms with Crippen molar-refractivity contribution in [2.24, 2.45) is 0 Å². The van der Waals surface area contributed by atoms with E-state index in [1.807, 2.05) is 37.3 Å². The zero-order valence-corrected chi connectivity index (χ0v) is 11.8. The first-order valence-corrected chi connectivity index (χ1v) is 6.98. The molecule has 3 aromatic rings. The number of nitrogens with one attached hydrogen (secondary N) is 1. The molecule has 0 amide bonds. The highest BCUT2D eigenvalue weighted by molar-refractivity contribution is 5.93. The molecule has 0 radical (unpaired) electrons. The van der Waals surface area contributed by atoms with Crippen molar-refractivity contribution in [1.82, 2.24) is 4.98 Å². The Kier molecular flexibility index (Phi) is 3.57. The molecule has 1 atom stereocenters. The maximum Gasteiger partial charge on any atom is 0.144 e. The van der Waals surface area contributed by atoms with E-state index in [0.717, 1.165) is 22.0 Å². The van der Waals surface area contributed by atoms with Crippen molar-refractivity contribution in [2.45, 2.75) is 19.3 Å². The fourth-order valence-corrected chi connectivity index (χ4v) is 2.60. The molecule has 0 bridgehead atoms. The third-order valence-electron chi connectivity index (χ3n) is 3.85. The molecule has 1 N–H and O–H groups in total. The minimum atomic E-state index is -0.279. The van der Waals surface area contributed by atoms with Gasteiger partial charge in [-0.25, -0.2) is 4.39 Å². The topological polar surface area (TPSA) is 32.9 Å². The normalized spacial score (nSPS) is 12.5. The number of carbonyl (C=O) groups excluding carboxylic acids is 1. The predicted octanol–water partition coefficient (Wildman–Crippen LogP) is 4.22. The lowest BCUT2D eigenvalue weighted by Gasteiger charge is -2.10. The predicted molar refractivity (Wildman–Crippen MR) is 81.8 cm³/mol. The van der Waals surface area contributed by atoms with Gasteiger partial charge in [0, 0.05) is 29.4 Å². The Labute approximate surface area is 122 Å². The van der Waals surface area contributed by atoms with Crippen molar-refractivity contribution in [3.05, 3.63) is 71.7 Å². The van der Waals surface area contributed by atoms with E-state index in [0.29, 0.717) is 6.42 Å². The van der Waals surface area contributed by atoms with Crippen molar-refractivity contribution in [3.63, 3.8) is 0 Å². The fourth-order valence-electron chi connectivity index (χ4n) is 2.60. The van der Waals surface area contributed by atoms with Crippen LogP contribution >= 0.6 is 0 Å². The molecule has 1 aromatic heterocycles. The third-order valence-corrected chi connectivity index (χ3v) is 3.85.